The van der Waals surface area contributed by atoms with E-state index < -0.39 is 25.2 Å². The van der Waals surface area contributed by atoms with Crippen molar-refractivity contribution in [3.8, 4) is 0 Å². The third kappa shape index (κ3) is 11.2. The smallest absolute Gasteiger partial charge is 0.171 e. The average molecular weight is 233 g/mol. The number of halogens is 6. The molecule has 0 spiro atoms. The van der Waals surface area contributed by atoms with E-state index in [9.17, 15) is 26.3 Å². The van der Waals surface area contributed by atoms with Crippen LogP contribution in [0.2, 0.25) is 0 Å². The Morgan fingerprint density at radius 3 is 1.80 bits per heavy atom. The Bertz CT molecular complexity index is 200. The summed E-state index contributed by atoms with van der Waals surface area (Å²) in [6.07, 6.45) is -10.2. The summed E-state index contributed by atoms with van der Waals surface area (Å²) in [5.41, 5.74) is 0.0941. The summed E-state index contributed by atoms with van der Waals surface area (Å²) in [6, 6.07) is 0. The molecule has 0 nitrogen and oxygen atoms in total. The second-order valence-electron chi connectivity index (χ2n) is 3.13. The largest absolute Gasteiger partial charge is 0.389 e. The van der Waals surface area contributed by atoms with Crippen molar-refractivity contribution in [2.75, 3.05) is 0 Å². The molecular weight excluding hydrogens is 222 g/mol. The Labute approximate surface area is 84.0 Å². The number of rotatable bonds is 5. The van der Waals surface area contributed by atoms with Crippen LogP contribution in [-0.4, -0.2) is 12.4 Å². The summed E-state index contributed by atoms with van der Waals surface area (Å²) in [7, 11) is 0. The minimum atomic E-state index is -4.29. The summed E-state index contributed by atoms with van der Waals surface area (Å²) in [5, 5.41) is 0. The molecular formula is C9H11F6. The topological polar surface area (TPSA) is 0 Å². The molecule has 0 saturated carbocycles. The first-order valence-electron chi connectivity index (χ1n) is 4.25. The molecule has 0 aliphatic carbocycles. The van der Waals surface area contributed by atoms with Crippen LogP contribution in [0.3, 0.4) is 0 Å². The van der Waals surface area contributed by atoms with Gasteiger partial charge in [0.2, 0.25) is 0 Å². The Hall–Kier alpha value is -0.680. The molecule has 0 rings (SSSR count). The molecule has 0 bridgehead atoms. The first kappa shape index (κ1) is 14.3. The number of hydrogen-bond acceptors (Lipinski definition) is 0. The maximum absolute atomic E-state index is 11.7. The van der Waals surface area contributed by atoms with Gasteiger partial charge in [-0.05, 0) is 19.3 Å². The van der Waals surface area contributed by atoms with Gasteiger partial charge in [0.05, 0.1) is 0 Å². The Balaban J connectivity index is 3.60. The fourth-order valence-corrected chi connectivity index (χ4v) is 0.844. The second kappa shape index (κ2) is 5.42. The molecule has 0 N–H and O–H groups in total. The normalized spacial score (nSPS) is 12.9. The van der Waals surface area contributed by atoms with Crippen molar-refractivity contribution in [1.29, 1.82) is 0 Å². The third-order valence-electron chi connectivity index (χ3n) is 1.59. The lowest BCUT2D eigenvalue weighted by atomic mass is 10.1. The second-order valence-corrected chi connectivity index (χ2v) is 3.13. The Morgan fingerprint density at radius 2 is 1.40 bits per heavy atom. The highest BCUT2D eigenvalue weighted by Crippen LogP contribution is 2.27. The van der Waals surface area contributed by atoms with Crippen LogP contribution in [0.25, 0.3) is 0 Å². The van der Waals surface area contributed by atoms with Crippen molar-refractivity contribution >= 4 is 0 Å². The van der Waals surface area contributed by atoms with E-state index in [1.54, 1.807) is 0 Å². The van der Waals surface area contributed by atoms with Crippen molar-refractivity contribution in [3.63, 3.8) is 0 Å². The van der Waals surface area contributed by atoms with Gasteiger partial charge in [-0.3, -0.25) is 0 Å². The van der Waals surface area contributed by atoms with Gasteiger partial charge in [0.15, 0.2) is 0 Å². The number of alkyl halides is 6. The van der Waals surface area contributed by atoms with Crippen LogP contribution < -0.4 is 0 Å². The van der Waals surface area contributed by atoms with Gasteiger partial charge in [-0.15, -0.1) is 0 Å². The van der Waals surface area contributed by atoms with Crippen LogP contribution in [0.5, 0.6) is 0 Å². The first-order chi connectivity index (χ1) is 6.60. The molecule has 0 aliphatic heterocycles. The van der Waals surface area contributed by atoms with E-state index in [0.717, 1.165) is 6.42 Å². The van der Waals surface area contributed by atoms with E-state index in [1.807, 2.05) is 0 Å². The van der Waals surface area contributed by atoms with Crippen LogP contribution in [0.15, 0.2) is 12.2 Å². The van der Waals surface area contributed by atoms with Gasteiger partial charge in [-0.2, -0.15) is 26.3 Å². The molecule has 15 heavy (non-hydrogen) atoms. The maximum Gasteiger partial charge on any atom is 0.389 e. The molecule has 0 unspecified atom stereocenters. The minimum Gasteiger partial charge on any atom is -0.171 e. The molecule has 0 saturated heterocycles. The zero-order valence-corrected chi connectivity index (χ0v) is 7.88. The first-order valence-corrected chi connectivity index (χ1v) is 4.25. The predicted octanol–water partition coefficient (Wildman–Crippen LogP) is 4.43. The van der Waals surface area contributed by atoms with Gasteiger partial charge >= 0.3 is 12.4 Å². The zero-order valence-electron chi connectivity index (χ0n) is 7.88. The van der Waals surface area contributed by atoms with Crippen molar-refractivity contribution in [2.45, 2.75) is 38.0 Å². The highest BCUT2D eigenvalue weighted by atomic mass is 19.4. The van der Waals surface area contributed by atoms with Gasteiger partial charge in [0, 0.05) is 12.8 Å². The highest BCUT2D eigenvalue weighted by molar-refractivity contribution is 5.07. The fourth-order valence-electron chi connectivity index (χ4n) is 0.844. The van der Waals surface area contributed by atoms with Gasteiger partial charge in [0.25, 0.3) is 0 Å². The summed E-state index contributed by atoms with van der Waals surface area (Å²) in [4.78, 5) is 0. The molecule has 0 fully saturated rings. The van der Waals surface area contributed by atoms with Crippen molar-refractivity contribution in [1.82, 2.24) is 0 Å². The van der Waals surface area contributed by atoms with Gasteiger partial charge in [-0.1, -0.05) is 12.2 Å². The lowest BCUT2D eigenvalue weighted by Gasteiger charge is -2.09. The monoisotopic (exact) mass is 233 g/mol. The molecule has 0 aliphatic rings. The lowest BCUT2D eigenvalue weighted by molar-refractivity contribution is -0.135. The number of hydrogen-bond donors (Lipinski definition) is 0. The van der Waals surface area contributed by atoms with E-state index in [2.05, 4.69) is 6.58 Å². The SMILES string of the molecule is C=C([CH]CCC(F)(F)F)CCC(F)(F)F. The Morgan fingerprint density at radius 1 is 0.933 bits per heavy atom. The lowest BCUT2D eigenvalue weighted by Crippen LogP contribution is -2.08. The summed E-state index contributed by atoms with van der Waals surface area (Å²) in [5.74, 6) is 0. The van der Waals surface area contributed by atoms with E-state index >= 15 is 0 Å². The summed E-state index contributed by atoms with van der Waals surface area (Å²) in [6.45, 7) is 3.25. The van der Waals surface area contributed by atoms with Crippen LogP contribution >= 0.6 is 0 Å². The van der Waals surface area contributed by atoms with E-state index in [-0.39, 0.29) is 18.4 Å². The molecule has 6 heteroatoms. The maximum atomic E-state index is 11.7. The summed E-state index contributed by atoms with van der Waals surface area (Å²) >= 11 is 0. The van der Waals surface area contributed by atoms with Crippen LogP contribution in [0.1, 0.15) is 25.7 Å². The molecule has 89 valence electrons. The molecule has 0 aromatic carbocycles. The van der Waals surface area contributed by atoms with E-state index in [1.165, 1.54) is 0 Å². The average Bonchev–Trinajstić information content (AvgIpc) is 1.97. The predicted molar refractivity (Wildman–Crippen MR) is 44.0 cm³/mol. The van der Waals surface area contributed by atoms with Crippen molar-refractivity contribution in [2.24, 2.45) is 0 Å². The highest BCUT2D eigenvalue weighted by Gasteiger charge is 2.28. The fraction of sp³-hybridized carbons (Fsp3) is 0.667. The van der Waals surface area contributed by atoms with Crippen LogP contribution in [0, 0.1) is 6.42 Å². The molecule has 0 heterocycles. The van der Waals surface area contributed by atoms with Gasteiger partial charge < -0.3 is 0 Å². The Kier molecular flexibility index (Phi) is 5.17. The standard InChI is InChI=1S/C9H11F6/c1-7(4-6-9(13,14)15)3-2-5-8(10,11)12/h3H,1-2,4-6H2. The van der Waals surface area contributed by atoms with E-state index in [4.69, 9.17) is 0 Å². The van der Waals surface area contributed by atoms with Crippen LogP contribution in [0.4, 0.5) is 26.3 Å². The quantitative estimate of drug-likeness (QED) is 0.616. The zero-order chi connectivity index (χ0) is 12.1. The van der Waals surface area contributed by atoms with Crippen LogP contribution in [-0.2, 0) is 0 Å². The molecule has 0 aromatic rings. The van der Waals surface area contributed by atoms with Gasteiger partial charge in [0.1, 0.15) is 0 Å². The van der Waals surface area contributed by atoms with E-state index in [0.29, 0.717) is 0 Å². The minimum absolute atomic E-state index is 0.0941. The molecule has 1 radical (unpaired) electrons. The van der Waals surface area contributed by atoms with Gasteiger partial charge in [-0.25, -0.2) is 0 Å². The third-order valence-corrected chi connectivity index (χ3v) is 1.59. The van der Waals surface area contributed by atoms with Crippen molar-refractivity contribution < 1.29 is 26.3 Å². The van der Waals surface area contributed by atoms with Crippen molar-refractivity contribution in [3.05, 3.63) is 18.6 Å². The molecule has 0 aromatic heterocycles. The number of allylic oxidation sites excluding steroid dienone is 1. The summed E-state index contributed by atoms with van der Waals surface area (Å²) < 4.78 is 70.0. The molecule has 0 amide bonds. The molecule has 0 atom stereocenters.